The summed E-state index contributed by atoms with van der Waals surface area (Å²) in [5.41, 5.74) is 5.13. The van der Waals surface area contributed by atoms with Gasteiger partial charge < -0.3 is 20.7 Å². The molecular weight excluding hydrogens is 150 g/mol. The molecule has 0 fully saturated rings. The lowest BCUT2D eigenvalue weighted by atomic mass is 10.1. The second kappa shape index (κ2) is 5.06. The Labute approximate surface area is 64.8 Å². The number of carbonyl (C=O) groups is 1. The highest BCUT2D eigenvalue weighted by atomic mass is 16.5. The average Bonchev–Trinajstić information content (AvgIpc) is 1.87. The molecule has 0 spiro atoms. The minimum atomic E-state index is -1.11. The van der Waals surface area contributed by atoms with Gasteiger partial charge >= 0.3 is 5.97 Å². The molecule has 4 N–H and O–H groups in total. The van der Waals surface area contributed by atoms with Crippen LogP contribution in [0.25, 0.3) is 0 Å². The smallest absolute Gasteiger partial charge is 0.320 e. The Hall–Kier alpha value is -0.650. The van der Waals surface area contributed by atoms with Crippen molar-refractivity contribution in [1.29, 1.82) is 0 Å². The Bertz CT molecular complexity index is 128. The molecule has 0 aliphatic rings. The quantitative estimate of drug-likeness (QED) is 0.473. The molecule has 2 atom stereocenters. The molecule has 0 bridgehead atoms. The van der Waals surface area contributed by atoms with E-state index >= 15 is 0 Å². The standard InChI is InChI=1S/C6H13NO4/c1-11-3-4(8)2-5(7)6(9)10/h4-5,8H,2-3,7H2,1H3,(H,9,10)/t4?,5-/m1/s1. The van der Waals surface area contributed by atoms with Gasteiger partial charge in [0.1, 0.15) is 6.04 Å². The number of hydrogen-bond donors (Lipinski definition) is 3. The van der Waals surface area contributed by atoms with Crippen LogP contribution in [-0.4, -0.2) is 42.0 Å². The fourth-order valence-electron chi connectivity index (χ4n) is 0.654. The summed E-state index contributed by atoms with van der Waals surface area (Å²) in [6, 6.07) is -1.01. The number of rotatable bonds is 5. The summed E-state index contributed by atoms with van der Waals surface area (Å²) in [7, 11) is 1.43. The summed E-state index contributed by atoms with van der Waals surface area (Å²) in [5, 5.41) is 17.3. The van der Waals surface area contributed by atoms with Crippen molar-refractivity contribution in [2.75, 3.05) is 13.7 Å². The topological polar surface area (TPSA) is 92.8 Å². The molecule has 0 aromatic rings. The third-order valence-electron chi connectivity index (χ3n) is 1.20. The number of carboxylic acid groups (broad SMARTS) is 1. The van der Waals surface area contributed by atoms with Gasteiger partial charge in [-0.1, -0.05) is 0 Å². The van der Waals surface area contributed by atoms with E-state index in [0.717, 1.165) is 0 Å². The molecule has 0 radical (unpaired) electrons. The lowest BCUT2D eigenvalue weighted by Crippen LogP contribution is -2.35. The summed E-state index contributed by atoms with van der Waals surface area (Å²) in [4.78, 5) is 10.2. The highest BCUT2D eigenvalue weighted by Gasteiger charge is 2.16. The van der Waals surface area contributed by atoms with E-state index in [9.17, 15) is 4.79 Å². The number of ether oxygens (including phenoxy) is 1. The Balaban J connectivity index is 3.56. The molecule has 0 aromatic carbocycles. The van der Waals surface area contributed by atoms with Gasteiger partial charge in [-0.2, -0.15) is 0 Å². The van der Waals surface area contributed by atoms with Crippen LogP contribution >= 0.6 is 0 Å². The first-order chi connectivity index (χ1) is 5.07. The number of aliphatic hydroxyl groups is 1. The number of methoxy groups -OCH3 is 1. The lowest BCUT2D eigenvalue weighted by molar-refractivity contribution is -0.139. The van der Waals surface area contributed by atoms with Crippen LogP contribution in [-0.2, 0) is 9.53 Å². The summed E-state index contributed by atoms with van der Waals surface area (Å²) < 4.78 is 4.59. The van der Waals surface area contributed by atoms with E-state index in [1.165, 1.54) is 7.11 Å². The SMILES string of the molecule is COCC(O)C[C@@H](N)C(=O)O. The van der Waals surface area contributed by atoms with Gasteiger partial charge in [-0.25, -0.2) is 0 Å². The summed E-state index contributed by atoms with van der Waals surface area (Å²) >= 11 is 0. The van der Waals surface area contributed by atoms with E-state index in [4.69, 9.17) is 15.9 Å². The average molecular weight is 163 g/mol. The van der Waals surface area contributed by atoms with Crippen molar-refractivity contribution in [3.8, 4) is 0 Å². The third-order valence-corrected chi connectivity index (χ3v) is 1.20. The predicted octanol–water partition coefficient (Wildman–Crippen LogP) is -1.20. The minimum Gasteiger partial charge on any atom is -0.480 e. The molecular formula is C6H13NO4. The van der Waals surface area contributed by atoms with Crippen LogP contribution in [0.4, 0.5) is 0 Å². The van der Waals surface area contributed by atoms with Gasteiger partial charge in [-0.15, -0.1) is 0 Å². The van der Waals surface area contributed by atoms with Crippen molar-refractivity contribution in [3.63, 3.8) is 0 Å². The number of aliphatic hydroxyl groups excluding tert-OH is 1. The van der Waals surface area contributed by atoms with Crippen LogP contribution in [0.5, 0.6) is 0 Å². The predicted molar refractivity (Wildman–Crippen MR) is 38.1 cm³/mol. The van der Waals surface area contributed by atoms with Crippen molar-refractivity contribution in [3.05, 3.63) is 0 Å². The summed E-state index contributed by atoms with van der Waals surface area (Å²) in [6.45, 7) is 0.112. The molecule has 66 valence electrons. The van der Waals surface area contributed by atoms with E-state index in [2.05, 4.69) is 4.74 Å². The molecule has 5 heteroatoms. The maximum absolute atomic E-state index is 10.2. The summed E-state index contributed by atoms with van der Waals surface area (Å²) in [6.07, 6.45) is -0.783. The Morgan fingerprint density at radius 3 is 2.64 bits per heavy atom. The van der Waals surface area contributed by atoms with Gasteiger partial charge in [0, 0.05) is 13.5 Å². The Morgan fingerprint density at radius 1 is 1.73 bits per heavy atom. The van der Waals surface area contributed by atoms with Gasteiger partial charge in [0.05, 0.1) is 12.7 Å². The van der Waals surface area contributed by atoms with E-state index < -0.39 is 18.1 Å². The third kappa shape index (κ3) is 4.72. The second-order valence-electron chi connectivity index (χ2n) is 2.29. The molecule has 11 heavy (non-hydrogen) atoms. The van der Waals surface area contributed by atoms with Crippen molar-refractivity contribution in [2.45, 2.75) is 18.6 Å². The van der Waals surface area contributed by atoms with Gasteiger partial charge in [0.15, 0.2) is 0 Å². The zero-order valence-electron chi connectivity index (χ0n) is 6.36. The van der Waals surface area contributed by atoms with Gasteiger partial charge in [-0.3, -0.25) is 4.79 Å². The largest absolute Gasteiger partial charge is 0.480 e. The number of nitrogens with two attached hydrogens (primary N) is 1. The van der Waals surface area contributed by atoms with E-state index in [0.29, 0.717) is 0 Å². The van der Waals surface area contributed by atoms with Gasteiger partial charge in [-0.05, 0) is 0 Å². The van der Waals surface area contributed by atoms with Crippen LogP contribution < -0.4 is 5.73 Å². The Morgan fingerprint density at radius 2 is 2.27 bits per heavy atom. The number of aliphatic carboxylic acids is 1. The first-order valence-corrected chi connectivity index (χ1v) is 3.23. The van der Waals surface area contributed by atoms with Gasteiger partial charge in [0.25, 0.3) is 0 Å². The number of carboxylic acids is 1. The fourth-order valence-corrected chi connectivity index (χ4v) is 0.654. The summed E-state index contributed by atoms with van der Waals surface area (Å²) in [5.74, 6) is -1.11. The van der Waals surface area contributed by atoms with Crippen LogP contribution in [0.2, 0.25) is 0 Å². The van der Waals surface area contributed by atoms with Crippen LogP contribution in [0.3, 0.4) is 0 Å². The maximum atomic E-state index is 10.2. The van der Waals surface area contributed by atoms with E-state index in [-0.39, 0.29) is 13.0 Å². The molecule has 0 saturated heterocycles. The second-order valence-corrected chi connectivity index (χ2v) is 2.29. The fraction of sp³-hybridized carbons (Fsp3) is 0.833. The van der Waals surface area contributed by atoms with Crippen molar-refractivity contribution in [1.82, 2.24) is 0 Å². The maximum Gasteiger partial charge on any atom is 0.320 e. The molecule has 0 rings (SSSR count). The molecule has 0 aromatic heterocycles. The molecule has 0 aliphatic carbocycles. The molecule has 0 saturated carbocycles. The Kier molecular flexibility index (Phi) is 4.76. The normalized spacial score (nSPS) is 15.9. The minimum absolute atomic E-state index is 0.0170. The lowest BCUT2D eigenvalue weighted by Gasteiger charge is -2.11. The van der Waals surface area contributed by atoms with Crippen LogP contribution in [0.1, 0.15) is 6.42 Å². The molecule has 0 heterocycles. The van der Waals surface area contributed by atoms with Crippen molar-refractivity contribution in [2.24, 2.45) is 5.73 Å². The molecule has 0 aliphatic heterocycles. The van der Waals surface area contributed by atoms with Crippen molar-refractivity contribution < 1.29 is 19.7 Å². The number of hydrogen-bond acceptors (Lipinski definition) is 4. The molecule has 1 unspecified atom stereocenters. The highest BCUT2D eigenvalue weighted by molar-refractivity contribution is 5.73. The molecule has 0 amide bonds. The zero-order chi connectivity index (χ0) is 8.85. The van der Waals surface area contributed by atoms with Crippen LogP contribution in [0.15, 0.2) is 0 Å². The van der Waals surface area contributed by atoms with Crippen molar-refractivity contribution >= 4 is 5.97 Å². The van der Waals surface area contributed by atoms with Gasteiger partial charge in [0.2, 0.25) is 0 Å². The van der Waals surface area contributed by atoms with Crippen LogP contribution in [0, 0.1) is 0 Å². The highest BCUT2D eigenvalue weighted by Crippen LogP contribution is 1.96. The first-order valence-electron chi connectivity index (χ1n) is 3.23. The first kappa shape index (κ1) is 10.3. The van der Waals surface area contributed by atoms with E-state index in [1.54, 1.807) is 0 Å². The van der Waals surface area contributed by atoms with E-state index in [1.807, 2.05) is 0 Å². The zero-order valence-corrected chi connectivity index (χ0v) is 6.36. The monoisotopic (exact) mass is 163 g/mol. The molecule has 5 nitrogen and oxygen atoms in total.